The predicted molar refractivity (Wildman–Crippen MR) is 69.6 cm³/mol. The van der Waals surface area contributed by atoms with Crippen molar-refractivity contribution in [2.24, 2.45) is 7.05 Å². The molecule has 1 aromatic heterocycles. The maximum atomic E-state index is 11.4. The number of rotatable bonds is 2. The van der Waals surface area contributed by atoms with Gasteiger partial charge < -0.3 is 9.73 Å². The number of fused-ring (bicyclic) bond motifs is 1. The summed E-state index contributed by atoms with van der Waals surface area (Å²) in [4.78, 5) is 13.8. The minimum absolute atomic E-state index is 0.302. The van der Waals surface area contributed by atoms with Crippen LogP contribution in [0.5, 0.6) is 0 Å². The standard InChI is InChI=1S/C13H17N3O2/c1-15-11-3-2-10(8-12(11)18-13(15)17)9-16-6-4-14-5-7-16/h2-3,8,14H,4-7,9H2,1H3. The fourth-order valence-electron chi connectivity index (χ4n) is 2.40. The second-order valence-corrected chi connectivity index (χ2v) is 4.76. The fraction of sp³-hybridized carbons (Fsp3) is 0.462. The first-order valence-electron chi connectivity index (χ1n) is 6.25. The molecular weight excluding hydrogens is 230 g/mol. The third-order valence-electron chi connectivity index (χ3n) is 3.47. The van der Waals surface area contributed by atoms with E-state index in [0.29, 0.717) is 5.58 Å². The zero-order chi connectivity index (χ0) is 12.5. The largest absolute Gasteiger partial charge is 0.419 e. The minimum atomic E-state index is -0.302. The van der Waals surface area contributed by atoms with Crippen LogP contribution in [0.3, 0.4) is 0 Å². The minimum Gasteiger partial charge on any atom is -0.408 e. The molecule has 5 nitrogen and oxygen atoms in total. The lowest BCUT2D eigenvalue weighted by atomic mass is 10.2. The molecule has 18 heavy (non-hydrogen) atoms. The van der Waals surface area contributed by atoms with Gasteiger partial charge in [0.25, 0.3) is 0 Å². The molecule has 5 heteroatoms. The molecule has 2 aromatic rings. The fourth-order valence-corrected chi connectivity index (χ4v) is 2.40. The quantitative estimate of drug-likeness (QED) is 0.841. The van der Waals surface area contributed by atoms with Crippen molar-refractivity contribution in [3.63, 3.8) is 0 Å². The maximum absolute atomic E-state index is 11.4. The Labute approximate surface area is 105 Å². The highest BCUT2D eigenvalue weighted by Gasteiger charge is 2.11. The topological polar surface area (TPSA) is 50.4 Å². The Morgan fingerprint density at radius 2 is 2.11 bits per heavy atom. The van der Waals surface area contributed by atoms with Crippen molar-refractivity contribution in [1.82, 2.24) is 14.8 Å². The third kappa shape index (κ3) is 2.07. The van der Waals surface area contributed by atoms with Crippen LogP contribution in [0.2, 0.25) is 0 Å². The normalized spacial score (nSPS) is 17.4. The third-order valence-corrected chi connectivity index (χ3v) is 3.47. The Morgan fingerprint density at radius 3 is 2.89 bits per heavy atom. The second kappa shape index (κ2) is 4.59. The van der Waals surface area contributed by atoms with E-state index in [4.69, 9.17) is 4.42 Å². The highest BCUT2D eigenvalue weighted by molar-refractivity contribution is 5.73. The van der Waals surface area contributed by atoms with Crippen LogP contribution in [-0.4, -0.2) is 35.6 Å². The molecule has 96 valence electrons. The van der Waals surface area contributed by atoms with Crippen LogP contribution in [0, 0.1) is 0 Å². The van der Waals surface area contributed by atoms with Gasteiger partial charge >= 0.3 is 5.76 Å². The van der Waals surface area contributed by atoms with Crippen molar-refractivity contribution >= 4 is 11.1 Å². The Hall–Kier alpha value is -1.59. The molecule has 2 heterocycles. The number of aryl methyl sites for hydroxylation is 1. The van der Waals surface area contributed by atoms with E-state index in [0.717, 1.165) is 38.2 Å². The molecule has 0 saturated carbocycles. The number of nitrogens with zero attached hydrogens (tertiary/aromatic N) is 2. The lowest BCUT2D eigenvalue weighted by Crippen LogP contribution is -2.42. The summed E-state index contributed by atoms with van der Waals surface area (Å²) in [6, 6.07) is 6.00. The summed E-state index contributed by atoms with van der Waals surface area (Å²) in [6.45, 7) is 5.13. The summed E-state index contributed by atoms with van der Waals surface area (Å²) in [5, 5.41) is 3.34. The van der Waals surface area contributed by atoms with Crippen LogP contribution in [0.4, 0.5) is 0 Å². The van der Waals surface area contributed by atoms with E-state index in [9.17, 15) is 4.79 Å². The van der Waals surface area contributed by atoms with E-state index < -0.39 is 0 Å². The average Bonchev–Trinajstić information content (AvgIpc) is 2.66. The van der Waals surface area contributed by atoms with Gasteiger partial charge in [0.2, 0.25) is 0 Å². The Kier molecular flexibility index (Phi) is 2.93. The monoisotopic (exact) mass is 247 g/mol. The van der Waals surface area contributed by atoms with Crippen molar-refractivity contribution in [1.29, 1.82) is 0 Å². The lowest BCUT2D eigenvalue weighted by molar-refractivity contribution is 0.233. The van der Waals surface area contributed by atoms with E-state index in [2.05, 4.69) is 16.3 Å². The molecule has 0 unspecified atom stereocenters. The van der Waals surface area contributed by atoms with Crippen molar-refractivity contribution in [2.75, 3.05) is 26.2 Å². The van der Waals surface area contributed by atoms with Gasteiger partial charge in [-0.15, -0.1) is 0 Å². The number of oxazole rings is 1. The summed E-state index contributed by atoms with van der Waals surface area (Å²) in [5.41, 5.74) is 2.72. The molecule has 1 saturated heterocycles. The maximum Gasteiger partial charge on any atom is 0.419 e. The first-order chi connectivity index (χ1) is 8.74. The van der Waals surface area contributed by atoms with Crippen LogP contribution in [-0.2, 0) is 13.6 Å². The molecule has 1 N–H and O–H groups in total. The highest BCUT2D eigenvalue weighted by atomic mass is 16.4. The highest BCUT2D eigenvalue weighted by Crippen LogP contribution is 2.15. The SMILES string of the molecule is Cn1c(=O)oc2cc(CN3CCNCC3)ccc21. The van der Waals surface area contributed by atoms with Crippen molar-refractivity contribution in [2.45, 2.75) is 6.54 Å². The Bertz CT molecular complexity index is 608. The Morgan fingerprint density at radius 1 is 1.33 bits per heavy atom. The number of hydrogen-bond acceptors (Lipinski definition) is 4. The van der Waals surface area contributed by atoms with Gasteiger partial charge in [0, 0.05) is 39.8 Å². The lowest BCUT2D eigenvalue weighted by Gasteiger charge is -2.27. The summed E-state index contributed by atoms with van der Waals surface area (Å²) in [7, 11) is 1.73. The van der Waals surface area contributed by atoms with E-state index in [-0.39, 0.29) is 5.76 Å². The molecule has 1 aromatic carbocycles. The average molecular weight is 247 g/mol. The predicted octanol–water partition coefficient (Wildman–Crippen LogP) is 0.537. The molecule has 3 rings (SSSR count). The number of piperazine rings is 1. The molecule has 0 amide bonds. The van der Waals surface area contributed by atoms with Gasteiger partial charge in [-0.1, -0.05) is 6.07 Å². The first kappa shape index (κ1) is 11.5. The first-order valence-corrected chi connectivity index (χ1v) is 6.25. The number of nitrogens with one attached hydrogen (secondary N) is 1. The Balaban J connectivity index is 1.86. The zero-order valence-electron chi connectivity index (χ0n) is 10.5. The van der Waals surface area contributed by atoms with Crippen molar-refractivity contribution < 1.29 is 4.42 Å². The molecule has 1 aliphatic heterocycles. The molecule has 0 radical (unpaired) electrons. The molecule has 0 aliphatic carbocycles. The van der Waals surface area contributed by atoms with Gasteiger partial charge in [0.05, 0.1) is 5.52 Å². The zero-order valence-corrected chi connectivity index (χ0v) is 10.5. The second-order valence-electron chi connectivity index (χ2n) is 4.76. The number of aromatic nitrogens is 1. The van der Waals surface area contributed by atoms with Gasteiger partial charge in [-0.3, -0.25) is 9.47 Å². The van der Waals surface area contributed by atoms with Gasteiger partial charge in [0.15, 0.2) is 5.58 Å². The van der Waals surface area contributed by atoms with Crippen LogP contribution in [0.25, 0.3) is 11.1 Å². The van der Waals surface area contributed by atoms with Crippen LogP contribution in [0.1, 0.15) is 5.56 Å². The van der Waals surface area contributed by atoms with Crippen molar-refractivity contribution in [3.8, 4) is 0 Å². The van der Waals surface area contributed by atoms with Crippen molar-refractivity contribution in [3.05, 3.63) is 34.3 Å². The van der Waals surface area contributed by atoms with Crippen LogP contribution >= 0.6 is 0 Å². The molecule has 0 spiro atoms. The van der Waals surface area contributed by atoms with E-state index in [1.165, 1.54) is 10.1 Å². The molecule has 1 fully saturated rings. The molecule has 1 aliphatic rings. The van der Waals surface area contributed by atoms with Crippen LogP contribution < -0.4 is 11.1 Å². The summed E-state index contributed by atoms with van der Waals surface area (Å²) in [5.74, 6) is -0.302. The van der Waals surface area contributed by atoms with E-state index >= 15 is 0 Å². The van der Waals surface area contributed by atoms with E-state index in [1.54, 1.807) is 7.05 Å². The van der Waals surface area contributed by atoms with Gasteiger partial charge in [-0.2, -0.15) is 0 Å². The summed E-state index contributed by atoms with van der Waals surface area (Å²) >= 11 is 0. The molecule has 0 bridgehead atoms. The molecule has 0 atom stereocenters. The van der Waals surface area contributed by atoms with Gasteiger partial charge in [-0.05, 0) is 17.7 Å². The smallest absolute Gasteiger partial charge is 0.408 e. The van der Waals surface area contributed by atoms with Crippen LogP contribution in [0.15, 0.2) is 27.4 Å². The number of benzene rings is 1. The van der Waals surface area contributed by atoms with E-state index in [1.807, 2.05) is 12.1 Å². The van der Waals surface area contributed by atoms with Gasteiger partial charge in [-0.25, -0.2) is 4.79 Å². The molecular formula is C13H17N3O2. The van der Waals surface area contributed by atoms with Gasteiger partial charge in [0.1, 0.15) is 0 Å². The number of hydrogen-bond donors (Lipinski definition) is 1. The summed E-state index contributed by atoms with van der Waals surface area (Å²) in [6.07, 6.45) is 0. The summed E-state index contributed by atoms with van der Waals surface area (Å²) < 4.78 is 6.74.